The molecule has 0 aliphatic heterocycles. The number of hydrogen-bond acceptors (Lipinski definition) is 4. The van der Waals surface area contributed by atoms with E-state index in [1.54, 1.807) is 6.07 Å². The first-order valence-corrected chi connectivity index (χ1v) is 13.7. The molecule has 4 rings (SSSR count). The molecule has 0 amide bonds. The lowest BCUT2D eigenvalue weighted by Crippen LogP contribution is -2.37. The summed E-state index contributed by atoms with van der Waals surface area (Å²) in [7, 11) is -4.74. The lowest BCUT2D eigenvalue weighted by Gasteiger charge is -2.33. The van der Waals surface area contributed by atoms with Crippen LogP contribution < -0.4 is 10.5 Å². The molecular formula is C25H33F3NO5P. The normalized spacial score (nSPS) is 24.0. The van der Waals surface area contributed by atoms with Gasteiger partial charge in [0.05, 0.1) is 18.2 Å². The highest BCUT2D eigenvalue weighted by Crippen LogP contribution is 2.45. The number of alkyl halides is 3. The second-order valence-corrected chi connectivity index (χ2v) is 11.5. The zero-order valence-corrected chi connectivity index (χ0v) is 20.7. The summed E-state index contributed by atoms with van der Waals surface area (Å²) in [5, 5.41) is 0.296. The SMILES string of the molecule is C[C@](N)(COP(=O)(O)O)c1ccc2c(C(F)(F)F)c(OC3CCC(C4CCCC4)CC3)ccc2c1. The third-order valence-electron chi connectivity index (χ3n) is 7.54. The van der Waals surface area contributed by atoms with Crippen LogP contribution in [0.1, 0.15) is 69.4 Å². The number of ether oxygens (including phenoxy) is 1. The van der Waals surface area contributed by atoms with E-state index in [1.165, 1.54) is 56.9 Å². The predicted octanol–water partition coefficient (Wildman–Crippen LogP) is 6.27. The van der Waals surface area contributed by atoms with Crippen LogP contribution in [0.4, 0.5) is 13.2 Å². The molecule has 0 unspecified atom stereocenters. The molecule has 2 fully saturated rings. The number of halogens is 3. The van der Waals surface area contributed by atoms with Gasteiger partial charge < -0.3 is 20.3 Å². The minimum atomic E-state index is -4.74. The maximum absolute atomic E-state index is 14.2. The average Bonchev–Trinajstić information content (AvgIpc) is 3.31. The van der Waals surface area contributed by atoms with Gasteiger partial charge in [-0.05, 0) is 72.9 Å². The van der Waals surface area contributed by atoms with Crippen molar-refractivity contribution in [2.45, 2.75) is 76.1 Å². The molecule has 0 aromatic heterocycles. The van der Waals surface area contributed by atoms with Gasteiger partial charge in [0.2, 0.25) is 0 Å². The van der Waals surface area contributed by atoms with Gasteiger partial charge in [0, 0.05) is 0 Å². The Balaban J connectivity index is 1.56. The third-order valence-corrected chi connectivity index (χ3v) is 8.00. The van der Waals surface area contributed by atoms with Crippen LogP contribution in [0.25, 0.3) is 10.8 Å². The van der Waals surface area contributed by atoms with Gasteiger partial charge in [0.15, 0.2) is 0 Å². The van der Waals surface area contributed by atoms with Crippen LogP contribution in [-0.2, 0) is 20.8 Å². The van der Waals surface area contributed by atoms with Crippen molar-refractivity contribution in [3.05, 3.63) is 41.5 Å². The molecule has 2 aliphatic carbocycles. The Hall–Kier alpha value is -1.64. The van der Waals surface area contributed by atoms with Crippen LogP contribution in [0.15, 0.2) is 30.3 Å². The van der Waals surface area contributed by atoms with E-state index < -0.39 is 31.7 Å². The molecule has 0 radical (unpaired) electrons. The molecule has 1 atom stereocenters. The van der Waals surface area contributed by atoms with Gasteiger partial charge in [-0.3, -0.25) is 4.52 Å². The van der Waals surface area contributed by atoms with Crippen molar-refractivity contribution in [1.29, 1.82) is 0 Å². The van der Waals surface area contributed by atoms with Gasteiger partial charge in [-0.25, -0.2) is 4.57 Å². The minimum Gasteiger partial charge on any atom is -0.490 e. The first kappa shape index (κ1) is 26.4. The van der Waals surface area contributed by atoms with Gasteiger partial charge in [-0.1, -0.05) is 43.9 Å². The summed E-state index contributed by atoms with van der Waals surface area (Å²) in [5.41, 5.74) is 4.41. The molecule has 4 N–H and O–H groups in total. The second kappa shape index (κ2) is 10.0. The topological polar surface area (TPSA) is 102 Å². The first-order chi connectivity index (χ1) is 16.3. The van der Waals surface area contributed by atoms with Crippen LogP contribution >= 0.6 is 7.82 Å². The summed E-state index contributed by atoms with van der Waals surface area (Å²) in [6, 6.07) is 7.17. The lowest BCUT2D eigenvalue weighted by molar-refractivity contribution is -0.138. The highest BCUT2D eigenvalue weighted by Gasteiger charge is 2.38. The number of rotatable bonds is 7. The molecule has 2 saturated carbocycles. The number of benzene rings is 2. The zero-order valence-electron chi connectivity index (χ0n) is 19.8. The van der Waals surface area contributed by atoms with Gasteiger partial charge in [-0.15, -0.1) is 0 Å². The van der Waals surface area contributed by atoms with Crippen molar-refractivity contribution in [3.63, 3.8) is 0 Å². The van der Waals surface area contributed by atoms with Crippen LogP contribution in [0.2, 0.25) is 0 Å². The molecular weight excluding hydrogens is 482 g/mol. The van der Waals surface area contributed by atoms with Gasteiger partial charge in [-0.2, -0.15) is 13.2 Å². The Labute approximate surface area is 203 Å². The Morgan fingerprint density at radius 2 is 1.63 bits per heavy atom. The van der Waals surface area contributed by atoms with Crippen LogP contribution in [-0.4, -0.2) is 22.5 Å². The van der Waals surface area contributed by atoms with Crippen LogP contribution in [0, 0.1) is 11.8 Å². The van der Waals surface area contributed by atoms with Crippen molar-refractivity contribution in [3.8, 4) is 5.75 Å². The number of nitrogens with two attached hydrogens (primary N) is 1. The van der Waals surface area contributed by atoms with Crippen molar-refractivity contribution in [2.24, 2.45) is 17.6 Å². The zero-order chi connectivity index (χ0) is 25.4. The van der Waals surface area contributed by atoms with Crippen LogP contribution in [0.5, 0.6) is 5.75 Å². The van der Waals surface area contributed by atoms with E-state index in [0.717, 1.165) is 31.6 Å². The Kier molecular flexibility index (Phi) is 7.56. The largest absolute Gasteiger partial charge is 0.490 e. The van der Waals surface area contributed by atoms with E-state index in [-0.39, 0.29) is 17.2 Å². The summed E-state index contributed by atoms with van der Waals surface area (Å²) in [6.07, 6.45) is 3.79. The average molecular weight is 516 g/mol. The number of fused-ring (bicyclic) bond motifs is 1. The van der Waals surface area contributed by atoms with Crippen molar-refractivity contribution < 1.29 is 36.8 Å². The fraction of sp³-hybridized carbons (Fsp3) is 0.600. The molecule has 0 saturated heterocycles. The molecule has 194 valence electrons. The monoisotopic (exact) mass is 515 g/mol. The van der Waals surface area contributed by atoms with Crippen molar-refractivity contribution in [1.82, 2.24) is 0 Å². The molecule has 2 aromatic carbocycles. The van der Waals surface area contributed by atoms with Gasteiger partial charge in [0.1, 0.15) is 11.3 Å². The smallest absolute Gasteiger partial charge is 0.469 e. The third kappa shape index (κ3) is 6.38. The fourth-order valence-electron chi connectivity index (χ4n) is 5.64. The first-order valence-electron chi connectivity index (χ1n) is 12.1. The Bertz CT molecular complexity index is 1090. The summed E-state index contributed by atoms with van der Waals surface area (Å²) < 4.78 is 64.0. The predicted molar refractivity (Wildman–Crippen MR) is 127 cm³/mol. The molecule has 6 nitrogen and oxygen atoms in total. The molecule has 0 spiro atoms. The molecule has 0 heterocycles. The maximum atomic E-state index is 14.2. The van der Waals surface area contributed by atoms with Crippen molar-refractivity contribution in [2.75, 3.05) is 6.61 Å². The number of phosphoric acid groups is 1. The molecule has 2 aromatic rings. The Morgan fingerprint density at radius 3 is 2.23 bits per heavy atom. The maximum Gasteiger partial charge on any atom is 0.469 e. The molecule has 2 aliphatic rings. The second-order valence-electron chi connectivity index (χ2n) is 10.3. The quantitative estimate of drug-likeness (QED) is 0.376. The number of hydrogen-bond donors (Lipinski definition) is 3. The van der Waals surface area contributed by atoms with Gasteiger partial charge in [0.25, 0.3) is 0 Å². The van der Waals surface area contributed by atoms with E-state index in [4.69, 9.17) is 20.3 Å². The lowest BCUT2D eigenvalue weighted by atomic mass is 9.78. The molecule has 35 heavy (non-hydrogen) atoms. The highest BCUT2D eigenvalue weighted by atomic mass is 31.2. The summed E-state index contributed by atoms with van der Waals surface area (Å²) in [4.78, 5) is 17.9. The van der Waals surface area contributed by atoms with E-state index in [1.807, 2.05) is 0 Å². The molecule has 10 heteroatoms. The summed E-state index contributed by atoms with van der Waals surface area (Å²) >= 11 is 0. The van der Waals surface area contributed by atoms with Gasteiger partial charge >= 0.3 is 14.0 Å². The van der Waals surface area contributed by atoms with Crippen LogP contribution in [0.3, 0.4) is 0 Å². The van der Waals surface area contributed by atoms with E-state index in [0.29, 0.717) is 16.9 Å². The Morgan fingerprint density at radius 1 is 1.00 bits per heavy atom. The van der Waals surface area contributed by atoms with E-state index in [9.17, 15) is 17.7 Å². The van der Waals surface area contributed by atoms with E-state index in [2.05, 4.69) is 4.52 Å². The highest BCUT2D eigenvalue weighted by molar-refractivity contribution is 7.46. The summed E-state index contributed by atoms with van der Waals surface area (Å²) in [6.45, 7) is 0.994. The fourth-order valence-corrected chi connectivity index (χ4v) is 6.08. The minimum absolute atomic E-state index is 0.00917. The number of phosphoric ester groups is 1. The van der Waals surface area contributed by atoms with Crippen molar-refractivity contribution >= 4 is 18.6 Å². The molecule has 0 bridgehead atoms. The standard InChI is InChI=1S/C25H33F3NO5P/c1-24(29,15-33-35(30,31)32)19-9-12-21-18(14-19)8-13-22(23(21)25(26,27)28)34-20-10-6-17(7-11-20)16-4-2-3-5-16/h8-9,12-14,16-17,20H,2-7,10-11,15,29H2,1H3,(H2,30,31,32)/t17?,20?,24-/m0/s1. The summed E-state index contributed by atoms with van der Waals surface area (Å²) in [5.74, 6) is 1.26. The van der Waals surface area contributed by atoms with E-state index >= 15 is 0 Å².